The van der Waals surface area contributed by atoms with Gasteiger partial charge in [-0.3, -0.25) is 0 Å². The summed E-state index contributed by atoms with van der Waals surface area (Å²) in [6.45, 7) is 2.17. The molecular formula is C19H15I. The molecule has 0 atom stereocenters. The average molecular weight is 370 g/mol. The molecular weight excluding hydrogens is 355 g/mol. The van der Waals surface area contributed by atoms with E-state index in [1.807, 2.05) is 0 Å². The minimum absolute atomic E-state index is 1.26. The zero-order chi connectivity index (χ0) is 13.9. The molecule has 0 amide bonds. The number of hydrogen-bond donors (Lipinski definition) is 0. The van der Waals surface area contributed by atoms with Gasteiger partial charge in [0.2, 0.25) is 0 Å². The van der Waals surface area contributed by atoms with Gasteiger partial charge in [-0.25, -0.2) is 0 Å². The lowest BCUT2D eigenvalue weighted by atomic mass is 9.96. The smallest absolute Gasteiger partial charge is 0.0136 e. The van der Waals surface area contributed by atoms with E-state index in [1.54, 1.807) is 0 Å². The van der Waals surface area contributed by atoms with Gasteiger partial charge in [0.1, 0.15) is 0 Å². The predicted octanol–water partition coefficient (Wildman–Crippen LogP) is 5.93. The fourth-order valence-electron chi connectivity index (χ4n) is 2.40. The Morgan fingerprint density at radius 1 is 0.650 bits per heavy atom. The fraction of sp³-hybridized carbons (Fsp3) is 0.0526. The second-order valence-electron chi connectivity index (χ2n) is 4.91. The van der Waals surface area contributed by atoms with Crippen LogP contribution in [0.4, 0.5) is 0 Å². The quantitative estimate of drug-likeness (QED) is 0.490. The molecule has 0 saturated carbocycles. The van der Waals surface area contributed by atoms with Gasteiger partial charge in [0.25, 0.3) is 0 Å². The molecule has 0 aliphatic rings. The van der Waals surface area contributed by atoms with Gasteiger partial charge in [-0.15, -0.1) is 0 Å². The van der Waals surface area contributed by atoms with E-state index in [4.69, 9.17) is 0 Å². The van der Waals surface area contributed by atoms with Crippen LogP contribution in [-0.2, 0) is 0 Å². The Kier molecular flexibility index (Phi) is 3.88. The van der Waals surface area contributed by atoms with Crippen molar-refractivity contribution in [3.05, 3.63) is 81.9 Å². The summed E-state index contributed by atoms with van der Waals surface area (Å²) in [7, 11) is 0. The number of benzene rings is 3. The lowest BCUT2D eigenvalue weighted by molar-refractivity contribution is 1.44. The highest BCUT2D eigenvalue weighted by Crippen LogP contribution is 2.29. The molecule has 3 aromatic carbocycles. The third-order valence-electron chi connectivity index (χ3n) is 3.48. The summed E-state index contributed by atoms with van der Waals surface area (Å²) in [5.41, 5.74) is 6.44. The molecule has 0 heterocycles. The highest BCUT2D eigenvalue weighted by molar-refractivity contribution is 14.1. The van der Waals surface area contributed by atoms with Crippen LogP contribution in [0.1, 0.15) is 5.56 Å². The van der Waals surface area contributed by atoms with Crippen LogP contribution in [0.3, 0.4) is 0 Å². The third-order valence-corrected chi connectivity index (χ3v) is 4.15. The zero-order valence-electron chi connectivity index (χ0n) is 11.3. The Bertz CT molecular complexity index is 730. The van der Waals surface area contributed by atoms with Crippen molar-refractivity contribution in [3.8, 4) is 22.3 Å². The van der Waals surface area contributed by atoms with E-state index in [0.29, 0.717) is 0 Å². The molecule has 98 valence electrons. The largest absolute Gasteiger partial charge is 0.0622 e. The van der Waals surface area contributed by atoms with Gasteiger partial charge in [-0.1, -0.05) is 54.6 Å². The number of aryl methyl sites for hydroxylation is 1. The van der Waals surface area contributed by atoms with Crippen molar-refractivity contribution in [1.29, 1.82) is 0 Å². The maximum absolute atomic E-state index is 2.37. The fourth-order valence-corrected chi connectivity index (χ4v) is 2.89. The zero-order valence-corrected chi connectivity index (χ0v) is 13.5. The van der Waals surface area contributed by atoms with Gasteiger partial charge in [-0.05, 0) is 75.5 Å². The van der Waals surface area contributed by atoms with Crippen LogP contribution in [0.15, 0.2) is 72.8 Å². The number of rotatable bonds is 2. The molecule has 0 bridgehead atoms. The lowest BCUT2D eigenvalue weighted by Crippen LogP contribution is -1.86. The summed E-state index contributed by atoms with van der Waals surface area (Å²) in [4.78, 5) is 0. The van der Waals surface area contributed by atoms with E-state index in [-0.39, 0.29) is 0 Å². The molecule has 1 heteroatoms. The van der Waals surface area contributed by atoms with Crippen LogP contribution in [0, 0.1) is 10.5 Å². The lowest BCUT2D eigenvalue weighted by Gasteiger charge is -2.09. The van der Waals surface area contributed by atoms with Crippen molar-refractivity contribution in [3.63, 3.8) is 0 Å². The minimum atomic E-state index is 1.26. The van der Waals surface area contributed by atoms with Gasteiger partial charge in [0, 0.05) is 3.57 Å². The number of hydrogen-bond acceptors (Lipinski definition) is 0. The normalized spacial score (nSPS) is 10.5. The van der Waals surface area contributed by atoms with E-state index < -0.39 is 0 Å². The highest BCUT2D eigenvalue weighted by Gasteiger charge is 2.04. The molecule has 20 heavy (non-hydrogen) atoms. The summed E-state index contributed by atoms with van der Waals surface area (Å²) in [6, 6.07) is 25.9. The van der Waals surface area contributed by atoms with E-state index in [0.717, 1.165) is 0 Å². The first kappa shape index (κ1) is 13.4. The second kappa shape index (κ2) is 5.80. The topological polar surface area (TPSA) is 0 Å². The van der Waals surface area contributed by atoms with Crippen molar-refractivity contribution in [1.82, 2.24) is 0 Å². The molecule has 0 aromatic heterocycles. The third kappa shape index (κ3) is 2.78. The van der Waals surface area contributed by atoms with Gasteiger partial charge in [0.15, 0.2) is 0 Å². The minimum Gasteiger partial charge on any atom is -0.0622 e. The molecule has 0 saturated heterocycles. The summed E-state index contributed by atoms with van der Waals surface area (Å²) >= 11 is 2.37. The van der Waals surface area contributed by atoms with Crippen molar-refractivity contribution in [2.75, 3.05) is 0 Å². The molecule has 0 radical (unpaired) electrons. The molecule has 0 aliphatic carbocycles. The SMILES string of the molecule is Cc1ccc(I)cc1-c1cccc(-c2ccccc2)c1. The first-order valence-corrected chi connectivity index (χ1v) is 7.74. The Morgan fingerprint density at radius 3 is 2.15 bits per heavy atom. The van der Waals surface area contributed by atoms with E-state index in [1.165, 1.54) is 31.4 Å². The Balaban J connectivity index is 2.10. The average Bonchev–Trinajstić information content (AvgIpc) is 2.51. The van der Waals surface area contributed by atoms with Crippen LogP contribution >= 0.6 is 22.6 Å². The predicted molar refractivity (Wildman–Crippen MR) is 94.8 cm³/mol. The first-order chi connectivity index (χ1) is 9.74. The van der Waals surface area contributed by atoms with E-state index >= 15 is 0 Å². The molecule has 0 N–H and O–H groups in total. The Morgan fingerprint density at radius 2 is 1.35 bits per heavy atom. The first-order valence-electron chi connectivity index (χ1n) is 6.66. The standard InChI is InChI=1S/C19H15I/c1-14-10-11-18(20)13-19(14)17-9-5-8-16(12-17)15-6-3-2-4-7-15/h2-13H,1H3. The van der Waals surface area contributed by atoms with Crippen molar-refractivity contribution in [2.45, 2.75) is 6.92 Å². The van der Waals surface area contributed by atoms with Crippen LogP contribution in [0.5, 0.6) is 0 Å². The van der Waals surface area contributed by atoms with Crippen LogP contribution < -0.4 is 0 Å². The van der Waals surface area contributed by atoms with Crippen LogP contribution in [-0.4, -0.2) is 0 Å². The summed E-state index contributed by atoms with van der Waals surface area (Å²) in [6.07, 6.45) is 0. The van der Waals surface area contributed by atoms with Crippen molar-refractivity contribution < 1.29 is 0 Å². The maximum atomic E-state index is 2.37. The van der Waals surface area contributed by atoms with Crippen LogP contribution in [0.2, 0.25) is 0 Å². The van der Waals surface area contributed by atoms with Gasteiger partial charge >= 0.3 is 0 Å². The summed E-state index contributed by atoms with van der Waals surface area (Å²) in [5, 5.41) is 0. The summed E-state index contributed by atoms with van der Waals surface area (Å²) in [5.74, 6) is 0. The van der Waals surface area contributed by atoms with Crippen molar-refractivity contribution >= 4 is 22.6 Å². The highest BCUT2D eigenvalue weighted by atomic mass is 127. The van der Waals surface area contributed by atoms with E-state index in [9.17, 15) is 0 Å². The monoisotopic (exact) mass is 370 g/mol. The molecule has 3 rings (SSSR count). The Hall–Kier alpha value is -1.61. The maximum Gasteiger partial charge on any atom is 0.0136 e. The van der Waals surface area contributed by atoms with Crippen LogP contribution in [0.25, 0.3) is 22.3 Å². The number of halogens is 1. The molecule has 0 nitrogen and oxygen atoms in total. The molecule has 0 spiro atoms. The van der Waals surface area contributed by atoms with Crippen molar-refractivity contribution in [2.24, 2.45) is 0 Å². The molecule has 0 unspecified atom stereocenters. The molecule has 3 aromatic rings. The van der Waals surface area contributed by atoms with E-state index in [2.05, 4.69) is 102 Å². The van der Waals surface area contributed by atoms with Gasteiger partial charge in [-0.2, -0.15) is 0 Å². The molecule has 0 aliphatic heterocycles. The molecule has 0 fully saturated rings. The Labute approximate surface area is 133 Å². The second-order valence-corrected chi connectivity index (χ2v) is 6.15. The van der Waals surface area contributed by atoms with Gasteiger partial charge in [0.05, 0.1) is 0 Å². The van der Waals surface area contributed by atoms with Gasteiger partial charge < -0.3 is 0 Å². The summed E-state index contributed by atoms with van der Waals surface area (Å²) < 4.78 is 1.27.